The standard InChI is InChI=1S/C23H44N8O5/c1-16(31(5)6)26-12-8-7-11-18(30-22(35)36-23(2,3)4)20(34)28-14-19(33)29-17(15-32)10-9-13-27-21(24)25/h15,17-18,26H,1,7-14H2,2-6H3,(H,28,34)(H,29,33)(H,30,35)(H4,24,25,27)/t17-,18+/m0/s1. The van der Waals surface area contributed by atoms with E-state index in [4.69, 9.17) is 16.2 Å². The zero-order valence-corrected chi connectivity index (χ0v) is 22.2. The summed E-state index contributed by atoms with van der Waals surface area (Å²) in [4.78, 5) is 54.1. The maximum absolute atomic E-state index is 12.7. The second-order valence-electron chi connectivity index (χ2n) is 9.44. The maximum atomic E-state index is 12.7. The maximum Gasteiger partial charge on any atom is 0.408 e. The van der Waals surface area contributed by atoms with Crippen LogP contribution in [-0.2, 0) is 19.1 Å². The van der Waals surface area contributed by atoms with Crippen LogP contribution in [0.2, 0.25) is 0 Å². The molecule has 0 aliphatic carbocycles. The molecule has 0 saturated heterocycles. The van der Waals surface area contributed by atoms with E-state index in [-0.39, 0.29) is 12.5 Å². The fraction of sp³-hybridized carbons (Fsp3) is 0.696. The Kier molecular flexibility index (Phi) is 15.3. The molecule has 0 radical (unpaired) electrons. The van der Waals surface area contributed by atoms with Gasteiger partial charge in [0.15, 0.2) is 5.96 Å². The van der Waals surface area contributed by atoms with Crippen molar-refractivity contribution in [3.63, 3.8) is 0 Å². The van der Waals surface area contributed by atoms with Crippen LogP contribution in [0.1, 0.15) is 52.9 Å². The third kappa shape index (κ3) is 17.0. The van der Waals surface area contributed by atoms with Gasteiger partial charge in [0.1, 0.15) is 17.9 Å². The third-order valence-electron chi connectivity index (χ3n) is 4.70. The van der Waals surface area contributed by atoms with Gasteiger partial charge in [-0.05, 0) is 52.9 Å². The minimum absolute atomic E-state index is 0.0470. The van der Waals surface area contributed by atoms with Crippen molar-refractivity contribution in [2.45, 2.75) is 70.6 Å². The molecular formula is C23H44N8O5. The minimum atomic E-state index is -0.897. The number of unbranched alkanes of at least 4 members (excludes halogenated alkanes) is 1. The van der Waals surface area contributed by atoms with Crippen LogP contribution < -0.4 is 32.7 Å². The zero-order chi connectivity index (χ0) is 27.7. The van der Waals surface area contributed by atoms with Crippen molar-refractivity contribution in [3.05, 3.63) is 12.4 Å². The van der Waals surface area contributed by atoms with E-state index < -0.39 is 35.6 Å². The number of aldehydes is 1. The fourth-order valence-corrected chi connectivity index (χ4v) is 2.82. The normalized spacial score (nSPS) is 12.4. The lowest BCUT2D eigenvalue weighted by atomic mass is 10.1. The highest BCUT2D eigenvalue weighted by Gasteiger charge is 2.24. The summed E-state index contributed by atoms with van der Waals surface area (Å²) in [5, 5.41) is 10.8. The lowest BCUT2D eigenvalue weighted by Crippen LogP contribution is -2.50. The van der Waals surface area contributed by atoms with Crippen molar-refractivity contribution in [1.29, 1.82) is 0 Å². The second-order valence-corrected chi connectivity index (χ2v) is 9.44. The van der Waals surface area contributed by atoms with E-state index in [1.54, 1.807) is 20.8 Å². The number of carbonyl (C=O) groups excluding carboxylic acids is 4. The summed E-state index contributed by atoms with van der Waals surface area (Å²) in [6, 6.07) is -1.63. The molecular weight excluding hydrogens is 468 g/mol. The number of ether oxygens (including phenoxy) is 1. The van der Waals surface area contributed by atoms with Crippen LogP contribution in [0.3, 0.4) is 0 Å². The first kappa shape index (κ1) is 32.5. The lowest BCUT2D eigenvalue weighted by molar-refractivity contribution is -0.128. The van der Waals surface area contributed by atoms with Gasteiger partial charge < -0.3 is 47.2 Å². The van der Waals surface area contributed by atoms with Gasteiger partial charge in [0, 0.05) is 27.2 Å². The highest BCUT2D eigenvalue weighted by atomic mass is 16.6. The lowest BCUT2D eigenvalue weighted by Gasteiger charge is -2.23. The van der Waals surface area contributed by atoms with Gasteiger partial charge in [0.2, 0.25) is 11.8 Å². The molecule has 0 aromatic rings. The molecule has 36 heavy (non-hydrogen) atoms. The molecule has 0 rings (SSSR count). The number of hydrogen-bond acceptors (Lipinski definition) is 8. The highest BCUT2D eigenvalue weighted by Crippen LogP contribution is 2.08. The molecule has 0 heterocycles. The first-order chi connectivity index (χ1) is 16.7. The molecule has 2 atom stereocenters. The van der Waals surface area contributed by atoms with Crippen molar-refractivity contribution >= 4 is 30.2 Å². The van der Waals surface area contributed by atoms with Gasteiger partial charge in [-0.3, -0.25) is 14.6 Å². The van der Waals surface area contributed by atoms with Crippen LogP contribution in [0.5, 0.6) is 0 Å². The Hall–Kier alpha value is -3.51. The predicted molar refractivity (Wildman–Crippen MR) is 139 cm³/mol. The Morgan fingerprint density at radius 2 is 1.72 bits per heavy atom. The Bertz CT molecular complexity index is 760. The number of aliphatic imine (C=N–C) groups is 1. The Morgan fingerprint density at radius 3 is 2.28 bits per heavy atom. The van der Waals surface area contributed by atoms with E-state index in [9.17, 15) is 19.2 Å². The summed E-state index contributed by atoms with van der Waals surface area (Å²) in [6.45, 7) is 9.67. The average Bonchev–Trinajstić information content (AvgIpc) is 2.76. The van der Waals surface area contributed by atoms with Crippen LogP contribution in [0.25, 0.3) is 0 Å². The first-order valence-corrected chi connectivity index (χ1v) is 11.9. The molecule has 0 saturated carbocycles. The molecule has 0 aliphatic heterocycles. The van der Waals surface area contributed by atoms with Crippen molar-refractivity contribution in [3.8, 4) is 0 Å². The largest absolute Gasteiger partial charge is 0.444 e. The number of hydrogen-bond donors (Lipinski definition) is 6. The van der Waals surface area contributed by atoms with Gasteiger partial charge in [-0.1, -0.05) is 6.58 Å². The number of amides is 3. The molecule has 0 fully saturated rings. The number of nitrogens with zero attached hydrogens (tertiary/aromatic N) is 2. The molecule has 13 heteroatoms. The number of nitrogens with two attached hydrogens (primary N) is 2. The summed E-state index contributed by atoms with van der Waals surface area (Å²) in [7, 11) is 3.75. The number of guanidine groups is 1. The van der Waals surface area contributed by atoms with Crippen LogP contribution in [0.4, 0.5) is 4.79 Å². The summed E-state index contributed by atoms with van der Waals surface area (Å²) < 4.78 is 5.26. The SMILES string of the molecule is C=C(NCCCC[C@@H](NC(=O)OC(C)(C)C)C(=O)NCC(=O)N[C@H](C=O)CCCN=C(N)N)N(C)C. The third-order valence-corrected chi connectivity index (χ3v) is 4.70. The zero-order valence-electron chi connectivity index (χ0n) is 22.2. The van der Waals surface area contributed by atoms with E-state index in [1.165, 1.54) is 0 Å². The molecule has 13 nitrogen and oxygen atoms in total. The smallest absolute Gasteiger partial charge is 0.408 e. The number of rotatable bonds is 17. The number of alkyl carbamates (subject to hydrolysis) is 1. The fourth-order valence-electron chi connectivity index (χ4n) is 2.82. The van der Waals surface area contributed by atoms with E-state index >= 15 is 0 Å². The molecule has 0 aromatic carbocycles. The van der Waals surface area contributed by atoms with Gasteiger partial charge in [-0.2, -0.15) is 0 Å². The Labute approximate surface area is 213 Å². The van der Waals surface area contributed by atoms with Crippen molar-refractivity contribution in [1.82, 2.24) is 26.2 Å². The monoisotopic (exact) mass is 512 g/mol. The molecule has 8 N–H and O–H groups in total. The van der Waals surface area contributed by atoms with Gasteiger partial charge in [-0.25, -0.2) is 4.79 Å². The Morgan fingerprint density at radius 1 is 1.06 bits per heavy atom. The summed E-state index contributed by atoms with van der Waals surface area (Å²) >= 11 is 0. The van der Waals surface area contributed by atoms with Crippen molar-refractivity contribution < 1.29 is 23.9 Å². The van der Waals surface area contributed by atoms with Crippen LogP contribution in [-0.4, -0.2) is 86.5 Å². The second kappa shape index (κ2) is 17.0. The van der Waals surface area contributed by atoms with Gasteiger partial charge in [-0.15, -0.1) is 0 Å². The first-order valence-electron chi connectivity index (χ1n) is 11.9. The highest BCUT2D eigenvalue weighted by molar-refractivity contribution is 5.90. The van der Waals surface area contributed by atoms with E-state index in [2.05, 4.69) is 32.8 Å². The molecule has 0 aromatic heterocycles. The number of nitrogens with one attached hydrogen (secondary N) is 4. The van der Waals surface area contributed by atoms with Gasteiger partial charge >= 0.3 is 6.09 Å². The molecule has 206 valence electrons. The van der Waals surface area contributed by atoms with E-state index in [0.29, 0.717) is 45.1 Å². The van der Waals surface area contributed by atoms with Crippen LogP contribution in [0, 0.1) is 0 Å². The summed E-state index contributed by atoms with van der Waals surface area (Å²) in [5.74, 6) is -0.344. The minimum Gasteiger partial charge on any atom is -0.444 e. The topological polar surface area (TPSA) is 193 Å². The summed E-state index contributed by atoms with van der Waals surface area (Å²) in [6.07, 6.45) is 2.41. The Balaban J connectivity index is 4.79. The van der Waals surface area contributed by atoms with E-state index in [1.807, 2.05) is 19.0 Å². The van der Waals surface area contributed by atoms with Crippen molar-refractivity contribution in [2.75, 3.05) is 33.7 Å². The predicted octanol–water partition coefficient (Wildman–Crippen LogP) is -0.474. The van der Waals surface area contributed by atoms with Crippen molar-refractivity contribution in [2.24, 2.45) is 16.5 Å². The molecule has 0 bridgehead atoms. The molecule has 0 spiro atoms. The van der Waals surface area contributed by atoms with E-state index in [0.717, 1.165) is 12.2 Å². The number of carbonyl (C=O) groups is 4. The molecule has 0 aliphatic rings. The van der Waals surface area contributed by atoms with Gasteiger partial charge in [0.25, 0.3) is 0 Å². The molecule has 3 amide bonds. The summed E-state index contributed by atoms with van der Waals surface area (Å²) in [5.41, 5.74) is 9.77. The molecule has 0 unspecified atom stereocenters. The van der Waals surface area contributed by atoms with Crippen LogP contribution in [0.15, 0.2) is 17.4 Å². The van der Waals surface area contributed by atoms with Gasteiger partial charge in [0.05, 0.1) is 18.4 Å². The van der Waals surface area contributed by atoms with Crippen LogP contribution >= 0.6 is 0 Å². The quantitative estimate of drug-likeness (QED) is 0.0646. The average molecular weight is 513 g/mol.